The molecule has 0 atom stereocenters. The van der Waals surface area contributed by atoms with Crippen molar-refractivity contribution in [3.63, 3.8) is 0 Å². The molecule has 1 aromatic rings. The van der Waals surface area contributed by atoms with Crippen LogP contribution >= 0.6 is 0 Å². The zero-order chi connectivity index (χ0) is 14.6. The maximum Gasteiger partial charge on any atom is 0.331 e. The number of hydrogen-bond donors (Lipinski definition) is 1. The number of aromatic nitrogens is 2. The molecule has 5 heteroatoms. The van der Waals surface area contributed by atoms with Gasteiger partial charge >= 0.3 is 5.69 Å². The fourth-order valence-corrected chi connectivity index (χ4v) is 1.99. The quantitative estimate of drug-likeness (QED) is 0.853. The van der Waals surface area contributed by atoms with Crippen LogP contribution in [0.25, 0.3) is 0 Å². The van der Waals surface area contributed by atoms with Crippen molar-refractivity contribution < 1.29 is 0 Å². The highest BCUT2D eigenvalue weighted by Gasteiger charge is 2.13. The minimum absolute atomic E-state index is 0.194. The van der Waals surface area contributed by atoms with Crippen LogP contribution in [0.4, 0.5) is 5.69 Å². The van der Waals surface area contributed by atoms with Gasteiger partial charge in [-0.05, 0) is 25.7 Å². The predicted octanol–water partition coefficient (Wildman–Crippen LogP) is 1.75. The van der Waals surface area contributed by atoms with Crippen LogP contribution < -0.4 is 17.0 Å². The zero-order valence-electron chi connectivity index (χ0n) is 12.4. The number of nitrogens with two attached hydrogens (primary N) is 1. The van der Waals surface area contributed by atoms with E-state index in [0.29, 0.717) is 24.7 Å². The van der Waals surface area contributed by atoms with Crippen LogP contribution in [-0.2, 0) is 13.1 Å². The summed E-state index contributed by atoms with van der Waals surface area (Å²) in [4.78, 5) is 24.4. The minimum Gasteiger partial charge on any atom is -0.393 e. The van der Waals surface area contributed by atoms with Gasteiger partial charge in [0.05, 0.1) is 0 Å². The van der Waals surface area contributed by atoms with Crippen molar-refractivity contribution in [2.75, 3.05) is 5.73 Å². The summed E-state index contributed by atoms with van der Waals surface area (Å²) in [6.45, 7) is 9.04. The number of hydrogen-bond acceptors (Lipinski definition) is 3. The fourth-order valence-electron chi connectivity index (χ4n) is 1.99. The molecule has 0 saturated carbocycles. The van der Waals surface area contributed by atoms with Crippen molar-refractivity contribution in [2.24, 2.45) is 5.92 Å². The Kier molecular flexibility index (Phi) is 5.39. The number of rotatable bonds is 6. The normalized spacial score (nSPS) is 11.2. The molecule has 0 fully saturated rings. The van der Waals surface area contributed by atoms with Gasteiger partial charge in [0, 0.05) is 18.8 Å². The second-order valence-electron chi connectivity index (χ2n) is 5.43. The Morgan fingerprint density at radius 2 is 1.79 bits per heavy atom. The molecule has 1 heterocycles. The first-order chi connectivity index (χ1) is 8.90. The molecule has 0 bridgehead atoms. The van der Waals surface area contributed by atoms with Gasteiger partial charge < -0.3 is 5.73 Å². The summed E-state index contributed by atoms with van der Waals surface area (Å²) in [6.07, 6.45) is 2.64. The van der Waals surface area contributed by atoms with Gasteiger partial charge in [0.25, 0.3) is 5.56 Å². The second-order valence-corrected chi connectivity index (χ2v) is 5.43. The molecular formula is C14H25N3O2. The van der Waals surface area contributed by atoms with Gasteiger partial charge in [-0.25, -0.2) is 4.79 Å². The summed E-state index contributed by atoms with van der Waals surface area (Å²) in [5.74, 6) is 0.503. The summed E-state index contributed by atoms with van der Waals surface area (Å²) in [7, 11) is 0. The van der Waals surface area contributed by atoms with Gasteiger partial charge in [-0.15, -0.1) is 0 Å². The SMILES string of the molecule is CCCCn1c(=O)c(N)c(C)n(CCC(C)C)c1=O. The smallest absolute Gasteiger partial charge is 0.331 e. The molecule has 0 aliphatic carbocycles. The van der Waals surface area contributed by atoms with E-state index in [1.807, 2.05) is 6.92 Å². The van der Waals surface area contributed by atoms with Gasteiger partial charge in [0.1, 0.15) is 5.69 Å². The zero-order valence-corrected chi connectivity index (χ0v) is 12.4. The second kappa shape index (κ2) is 6.59. The number of unbranched alkanes of at least 4 members (excludes halogenated alkanes) is 1. The lowest BCUT2D eigenvalue weighted by atomic mass is 10.1. The molecule has 2 N–H and O–H groups in total. The molecule has 19 heavy (non-hydrogen) atoms. The molecule has 0 saturated heterocycles. The predicted molar refractivity (Wildman–Crippen MR) is 78.5 cm³/mol. The molecule has 5 nitrogen and oxygen atoms in total. The first-order valence-electron chi connectivity index (χ1n) is 6.99. The molecule has 0 spiro atoms. The maximum absolute atomic E-state index is 12.4. The Hall–Kier alpha value is -1.52. The highest BCUT2D eigenvalue weighted by molar-refractivity contribution is 5.39. The Balaban J connectivity index is 3.27. The highest BCUT2D eigenvalue weighted by Crippen LogP contribution is 2.06. The van der Waals surface area contributed by atoms with Crippen LogP contribution in [0.2, 0.25) is 0 Å². The molecule has 0 amide bonds. The van der Waals surface area contributed by atoms with E-state index < -0.39 is 0 Å². The van der Waals surface area contributed by atoms with Crippen LogP contribution in [0.5, 0.6) is 0 Å². The Morgan fingerprint density at radius 1 is 1.16 bits per heavy atom. The first-order valence-corrected chi connectivity index (χ1v) is 6.99. The standard InChI is InChI=1S/C14H25N3O2/c1-5-6-8-17-13(18)12(15)11(4)16(14(17)19)9-7-10(2)3/h10H,5-9,15H2,1-4H3. The molecule has 0 unspecified atom stereocenters. The fraction of sp³-hybridized carbons (Fsp3) is 0.714. The van der Waals surface area contributed by atoms with E-state index in [2.05, 4.69) is 13.8 Å². The van der Waals surface area contributed by atoms with Crippen molar-refractivity contribution in [1.29, 1.82) is 0 Å². The summed E-state index contributed by atoms with van der Waals surface area (Å²) in [5, 5.41) is 0. The van der Waals surface area contributed by atoms with Gasteiger partial charge in [-0.2, -0.15) is 0 Å². The Labute approximate surface area is 114 Å². The van der Waals surface area contributed by atoms with Crippen molar-refractivity contribution in [3.05, 3.63) is 26.5 Å². The van der Waals surface area contributed by atoms with Gasteiger partial charge in [-0.3, -0.25) is 13.9 Å². The molecule has 0 radical (unpaired) electrons. The lowest BCUT2D eigenvalue weighted by molar-refractivity contribution is 0.468. The average Bonchev–Trinajstić information content (AvgIpc) is 2.36. The molecule has 1 aromatic heterocycles. The van der Waals surface area contributed by atoms with E-state index in [4.69, 9.17) is 5.73 Å². The highest BCUT2D eigenvalue weighted by atomic mass is 16.2. The molecular weight excluding hydrogens is 242 g/mol. The van der Waals surface area contributed by atoms with Crippen LogP contribution in [0.3, 0.4) is 0 Å². The Morgan fingerprint density at radius 3 is 2.32 bits per heavy atom. The van der Waals surface area contributed by atoms with Crippen LogP contribution in [0.15, 0.2) is 9.59 Å². The molecule has 1 rings (SSSR count). The third-order valence-electron chi connectivity index (χ3n) is 3.40. The summed E-state index contributed by atoms with van der Waals surface area (Å²) in [5.41, 5.74) is 6.04. The number of nitrogens with zero attached hydrogens (tertiary/aromatic N) is 2. The topological polar surface area (TPSA) is 70.0 Å². The van der Waals surface area contributed by atoms with Crippen molar-refractivity contribution in [1.82, 2.24) is 9.13 Å². The number of anilines is 1. The number of nitrogen functional groups attached to an aromatic ring is 1. The van der Waals surface area contributed by atoms with Crippen LogP contribution in [0.1, 0.15) is 45.7 Å². The van der Waals surface area contributed by atoms with E-state index in [1.54, 1.807) is 11.5 Å². The third kappa shape index (κ3) is 3.49. The van der Waals surface area contributed by atoms with Gasteiger partial charge in [0.15, 0.2) is 0 Å². The monoisotopic (exact) mass is 267 g/mol. The third-order valence-corrected chi connectivity index (χ3v) is 3.40. The average molecular weight is 267 g/mol. The molecule has 0 aliphatic rings. The van der Waals surface area contributed by atoms with Gasteiger partial charge in [-0.1, -0.05) is 27.2 Å². The minimum atomic E-state index is -0.350. The lowest BCUT2D eigenvalue weighted by Crippen LogP contribution is -2.42. The van der Waals surface area contributed by atoms with Crippen molar-refractivity contribution in [2.45, 2.75) is 60.0 Å². The first kappa shape index (κ1) is 15.5. The summed E-state index contributed by atoms with van der Waals surface area (Å²) in [6, 6.07) is 0. The van der Waals surface area contributed by atoms with Crippen LogP contribution in [-0.4, -0.2) is 9.13 Å². The van der Waals surface area contributed by atoms with E-state index in [1.165, 1.54) is 4.57 Å². The van der Waals surface area contributed by atoms with Crippen molar-refractivity contribution >= 4 is 5.69 Å². The van der Waals surface area contributed by atoms with E-state index in [0.717, 1.165) is 19.3 Å². The maximum atomic E-state index is 12.4. The summed E-state index contributed by atoms with van der Waals surface area (Å²) >= 11 is 0. The van der Waals surface area contributed by atoms with Gasteiger partial charge in [0.2, 0.25) is 0 Å². The van der Waals surface area contributed by atoms with E-state index in [-0.39, 0.29) is 16.9 Å². The lowest BCUT2D eigenvalue weighted by Gasteiger charge is -2.16. The molecule has 0 aliphatic heterocycles. The molecule has 0 aromatic carbocycles. The van der Waals surface area contributed by atoms with E-state index in [9.17, 15) is 9.59 Å². The van der Waals surface area contributed by atoms with Crippen LogP contribution in [0, 0.1) is 12.8 Å². The molecule has 108 valence electrons. The summed E-state index contributed by atoms with van der Waals surface area (Å²) < 4.78 is 2.90. The largest absolute Gasteiger partial charge is 0.393 e. The Bertz CT molecular complexity index is 541. The van der Waals surface area contributed by atoms with E-state index >= 15 is 0 Å². The van der Waals surface area contributed by atoms with Crippen molar-refractivity contribution in [3.8, 4) is 0 Å².